The van der Waals surface area contributed by atoms with Gasteiger partial charge in [-0.05, 0) is 19.1 Å². The number of aliphatic hydroxyl groups excluding tert-OH is 1. The van der Waals surface area contributed by atoms with Crippen molar-refractivity contribution in [1.29, 1.82) is 0 Å². The lowest BCUT2D eigenvalue weighted by atomic mass is 10.2. The first-order valence-corrected chi connectivity index (χ1v) is 6.33. The molecule has 0 heterocycles. The Morgan fingerprint density at radius 2 is 2.11 bits per heavy atom. The molecular weight excluding hydrogens is 321 g/mol. The third-order valence-corrected chi connectivity index (χ3v) is 2.67. The van der Waals surface area contributed by atoms with E-state index < -0.39 is 0 Å². The Morgan fingerprint density at radius 3 is 2.67 bits per heavy atom. The number of benzene rings is 1. The van der Waals surface area contributed by atoms with E-state index in [-0.39, 0.29) is 19.0 Å². The molecule has 0 atom stereocenters. The van der Waals surface area contributed by atoms with Crippen molar-refractivity contribution in [3.63, 3.8) is 0 Å². The summed E-state index contributed by atoms with van der Waals surface area (Å²) in [7, 11) is 1.62. The van der Waals surface area contributed by atoms with Gasteiger partial charge in [-0.2, -0.15) is 0 Å². The van der Waals surface area contributed by atoms with Crippen LogP contribution in [0.15, 0.2) is 16.6 Å². The van der Waals surface area contributed by atoms with E-state index >= 15 is 0 Å². The van der Waals surface area contributed by atoms with E-state index in [4.69, 9.17) is 14.6 Å². The minimum atomic E-state index is 0. The zero-order valence-corrected chi connectivity index (χ0v) is 12.9. The standard InChI is InChI=1S/C12H18BrNO3.ClH/c1-3-17-12-9(8-14-4-5-15)6-10(13)7-11(12)16-2;/h6-7,14-15H,3-5,8H2,1-2H3;1H. The molecule has 0 aromatic heterocycles. The quantitative estimate of drug-likeness (QED) is 0.748. The van der Waals surface area contributed by atoms with Gasteiger partial charge in [0.25, 0.3) is 0 Å². The highest BCUT2D eigenvalue weighted by Crippen LogP contribution is 2.34. The molecule has 1 aromatic carbocycles. The van der Waals surface area contributed by atoms with Gasteiger partial charge in [0, 0.05) is 23.1 Å². The van der Waals surface area contributed by atoms with Crippen LogP contribution in [0.2, 0.25) is 0 Å². The van der Waals surface area contributed by atoms with Crippen molar-refractivity contribution < 1.29 is 14.6 Å². The summed E-state index contributed by atoms with van der Waals surface area (Å²) in [5, 5.41) is 11.9. The first-order valence-electron chi connectivity index (χ1n) is 5.53. The molecule has 0 aliphatic rings. The van der Waals surface area contributed by atoms with Crippen molar-refractivity contribution in [3.05, 3.63) is 22.2 Å². The molecule has 0 unspecified atom stereocenters. The van der Waals surface area contributed by atoms with Crippen LogP contribution in [0.25, 0.3) is 0 Å². The normalized spacial score (nSPS) is 9.78. The highest BCUT2D eigenvalue weighted by molar-refractivity contribution is 9.10. The Hall–Kier alpha value is -0.490. The number of aliphatic hydroxyl groups is 1. The maximum atomic E-state index is 8.74. The second-order valence-electron chi connectivity index (χ2n) is 3.43. The molecule has 0 saturated carbocycles. The summed E-state index contributed by atoms with van der Waals surface area (Å²) in [6.07, 6.45) is 0. The van der Waals surface area contributed by atoms with Crippen LogP contribution in [0.4, 0.5) is 0 Å². The fraction of sp³-hybridized carbons (Fsp3) is 0.500. The van der Waals surface area contributed by atoms with Crippen molar-refractivity contribution >= 4 is 28.3 Å². The van der Waals surface area contributed by atoms with Crippen molar-refractivity contribution in [1.82, 2.24) is 5.32 Å². The number of methoxy groups -OCH3 is 1. The Bertz CT molecular complexity index is 363. The van der Waals surface area contributed by atoms with Crippen LogP contribution in [0.1, 0.15) is 12.5 Å². The fourth-order valence-corrected chi connectivity index (χ4v) is 2.00. The fourth-order valence-electron chi connectivity index (χ4n) is 1.52. The van der Waals surface area contributed by atoms with Crippen LogP contribution in [0.5, 0.6) is 11.5 Å². The number of ether oxygens (including phenoxy) is 2. The summed E-state index contributed by atoms with van der Waals surface area (Å²) in [4.78, 5) is 0. The molecular formula is C12H19BrClNO3. The van der Waals surface area contributed by atoms with Gasteiger partial charge in [-0.3, -0.25) is 0 Å². The lowest BCUT2D eigenvalue weighted by Crippen LogP contribution is -2.18. The number of hydrogen-bond acceptors (Lipinski definition) is 4. The van der Waals surface area contributed by atoms with E-state index in [2.05, 4.69) is 21.2 Å². The molecule has 6 heteroatoms. The lowest BCUT2D eigenvalue weighted by molar-refractivity contribution is 0.288. The maximum Gasteiger partial charge on any atom is 0.165 e. The molecule has 0 amide bonds. The minimum absolute atomic E-state index is 0. The second kappa shape index (κ2) is 9.44. The van der Waals surface area contributed by atoms with Gasteiger partial charge in [0.1, 0.15) is 0 Å². The highest BCUT2D eigenvalue weighted by Gasteiger charge is 2.11. The Kier molecular flexibility index (Phi) is 9.18. The summed E-state index contributed by atoms with van der Waals surface area (Å²) in [5.41, 5.74) is 1.01. The van der Waals surface area contributed by atoms with Crippen LogP contribution in [-0.4, -0.2) is 32.0 Å². The van der Waals surface area contributed by atoms with Crippen molar-refractivity contribution in [2.24, 2.45) is 0 Å². The van der Waals surface area contributed by atoms with E-state index in [1.54, 1.807) is 7.11 Å². The number of rotatable bonds is 7. The van der Waals surface area contributed by atoms with Crippen molar-refractivity contribution in [3.8, 4) is 11.5 Å². The van der Waals surface area contributed by atoms with E-state index in [1.165, 1.54) is 0 Å². The van der Waals surface area contributed by atoms with E-state index in [0.717, 1.165) is 15.8 Å². The number of halogens is 2. The van der Waals surface area contributed by atoms with Gasteiger partial charge in [-0.1, -0.05) is 15.9 Å². The summed E-state index contributed by atoms with van der Waals surface area (Å²) >= 11 is 3.44. The molecule has 0 aliphatic heterocycles. The van der Waals surface area contributed by atoms with Gasteiger partial charge in [0.2, 0.25) is 0 Å². The van der Waals surface area contributed by atoms with Crippen LogP contribution in [-0.2, 0) is 6.54 Å². The van der Waals surface area contributed by atoms with Gasteiger partial charge in [-0.15, -0.1) is 12.4 Å². The lowest BCUT2D eigenvalue weighted by Gasteiger charge is -2.15. The monoisotopic (exact) mass is 339 g/mol. The zero-order chi connectivity index (χ0) is 12.7. The highest BCUT2D eigenvalue weighted by atomic mass is 79.9. The van der Waals surface area contributed by atoms with Crippen molar-refractivity contribution in [2.45, 2.75) is 13.5 Å². The number of nitrogens with one attached hydrogen (secondary N) is 1. The van der Waals surface area contributed by atoms with E-state index in [1.807, 2.05) is 19.1 Å². The molecule has 0 fully saturated rings. The third-order valence-electron chi connectivity index (χ3n) is 2.21. The maximum absolute atomic E-state index is 8.74. The largest absolute Gasteiger partial charge is 0.493 e. The molecule has 2 N–H and O–H groups in total. The minimum Gasteiger partial charge on any atom is -0.493 e. The smallest absolute Gasteiger partial charge is 0.165 e. The van der Waals surface area contributed by atoms with E-state index in [9.17, 15) is 0 Å². The first kappa shape index (κ1) is 17.5. The molecule has 0 aliphatic carbocycles. The average Bonchev–Trinajstić information content (AvgIpc) is 2.32. The predicted molar refractivity (Wildman–Crippen MR) is 77.9 cm³/mol. The van der Waals surface area contributed by atoms with Gasteiger partial charge < -0.3 is 19.9 Å². The Balaban J connectivity index is 0.00000289. The van der Waals surface area contributed by atoms with Gasteiger partial charge >= 0.3 is 0 Å². The first-order chi connectivity index (χ1) is 8.22. The average molecular weight is 341 g/mol. The molecule has 104 valence electrons. The topological polar surface area (TPSA) is 50.7 Å². The third kappa shape index (κ3) is 5.02. The molecule has 1 rings (SSSR count). The van der Waals surface area contributed by atoms with Gasteiger partial charge in [0.05, 0.1) is 20.3 Å². The Labute approximate surface area is 122 Å². The number of hydrogen-bond donors (Lipinski definition) is 2. The molecule has 1 aromatic rings. The summed E-state index contributed by atoms with van der Waals surface area (Å²) in [6.45, 7) is 3.83. The molecule has 0 saturated heterocycles. The van der Waals surface area contributed by atoms with Crippen molar-refractivity contribution in [2.75, 3.05) is 26.9 Å². The zero-order valence-electron chi connectivity index (χ0n) is 10.5. The van der Waals surface area contributed by atoms with Crippen LogP contribution < -0.4 is 14.8 Å². The molecule has 4 nitrogen and oxygen atoms in total. The predicted octanol–water partition coefficient (Wildman–Crippen LogP) is 2.36. The van der Waals surface area contributed by atoms with Gasteiger partial charge in [0.15, 0.2) is 11.5 Å². The van der Waals surface area contributed by atoms with Crippen LogP contribution in [0.3, 0.4) is 0 Å². The van der Waals surface area contributed by atoms with E-state index in [0.29, 0.717) is 25.4 Å². The summed E-state index contributed by atoms with van der Waals surface area (Å²) in [5.74, 6) is 1.46. The SMILES string of the molecule is CCOc1c(CNCCO)cc(Br)cc1OC.Cl. The summed E-state index contributed by atoms with van der Waals surface area (Å²) in [6, 6.07) is 3.86. The van der Waals surface area contributed by atoms with Gasteiger partial charge in [-0.25, -0.2) is 0 Å². The summed E-state index contributed by atoms with van der Waals surface area (Å²) < 4.78 is 11.8. The molecule has 0 spiro atoms. The Morgan fingerprint density at radius 1 is 1.39 bits per heavy atom. The molecule has 0 radical (unpaired) electrons. The van der Waals surface area contributed by atoms with Crippen LogP contribution in [0, 0.1) is 0 Å². The molecule has 0 bridgehead atoms. The van der Waals surface area contributed by atoms with Crippen LogP contribution >= 0.6 is 28.3 Å². The molecule has 18 heavy (non-hydrogen) atoms. The second-order valence-corrected chi connectivity index (χ2v) is 4.35.